The summed E-state index contributed by atoms with van der Waals surface area (Å²) in [6.07, 6.45) is 1.98. The van der Waals surface area contributed by atoms with Crippen molar-refractivity contribution in [3.63, 3.8) is 0 Å². The molecule has 2 rings (SSSR count). The van der Waals surface area contributed by atoms with Gasteiger partial charge in [0.15, 0.2) is 0 Å². The van der Waals surface area contributed by atoms with Gasteiger partial charge in [-0.15, -0.1) is 0 Å². The van der Waals surface area contributed by atoms with E-state index in [2.05, 4.69) is 10.6 Å². The monoisotopic (exact) mass is 680 g/mol. The third-order valence-corrected chi connectivity index (χ3v) is 7.51. The predicted molar refractivity (Wildman–Crippen MR) is 189 cm³/mol. The molecule has 2 aromatic rings. The fourth-order valence-electron chi connectivity index (χ4n) is 5.17. The topological polar surface area (TPSA) is 157 Å². The number of carbonyl (C=O) groups excluding carboxylic acids is 5. The van der Waals surface area contributed by atoms with Gasteiger partial charge in [0, 0.05) is 19.4 Å². The molecule has 0 bridgehead atoms. The molecule has 0 heterocycles. The standard InChI is InChI=1S/C38H56N4O7/c1-9-11-15-24-42(34(45)29(22-23-31(39)43)41-36(47)49-38(6,7)8)32(28-20-18-26(10-2)19-21-28)33(44)40-30(35(46)48-37(3,4)5)25-27-16-13-12-14-17-27/h12-14,16-21,29-30,32H,9-11,15,22-25H2,1-8H3,(H2,39,43)(H,40,44)(H,41,47). The van der Waals surface area contributed by atoms with E-state index in [1.807, 2.05) is 56.3 Å². The number of nitrogens with two attached hydrogens (primary N) is 1. The Balaban J connectivity index is 2.65. The van der Waals surface area contributed by atoms with Gasteiger partial charge in [-0.05, 0) is 77.5 Å². The highest BCUT2D eigenvalue weighted by atomic mass is 16.6. The Labute approximate surface area is 291 Å². The number of benzene rings is 2. The van der Waals surface area contributed by atoms with Gasteiger partial charge in [0.05, 0.1) is 0 Å². The first-order chi connectivity index (χ1) is 22.9. The van der Waals surface area contributed by atoms with Gasteiger partial charge in [-0.25, -0.2) is 9.59 Å². The molecule has 270 valence electrons. The summed E-state index contributed by atoms with van der Waals surface area (Å²) in [5, 5.41) is 5.52. The molecule has 0 aliphatic heterocycles. The predicted octanol–water partition coefficient (Wildman–Crippen LogP) is 5.54. The molecule has 0 aromatic heterocycles. The zero-order valence-electron chi connectivity index (χ0n) is 30.5. The third kappa shape index (κ3) is 14.7. The summed E-state index contributed by atoms with van der Waals surface area (Å²) in [6, 6.07) is 13.2. The van der Waals surface area contributed by atoms with E-state index in [4.69, 9.17) is 15.2 Å². The van der Waals surface area contributed by atoms with E-state index in [0.717, 1.165) is 30.4 Å². The maximum atomic E-state index is 14.5. The van der Waals surface area contributed by atoms with Gasteiger partial charge >= 0.3 is 12.1 Å². The van der Waals surface area contributed by atoms with Crippen LogP contribution in [0.25, 0.3) is 0 Å². The number of alkyl carbamates (subject to hydrolysis) is 1. The Bertz CT molecular complexity index is 1380. The normalized spacial score (nSPS) is 13.4. The summed E-state index contributed by atoms with van der Waals surface area (Å²) in [5.41, 5.74) is 6.16. The van der Waals surface area contributed by atoms with Crippen LogP contribution in [0.15, 0.2) is 54.6 Å². The number of amides is 4. The van der Waals surface area contributed by atoms with E-state index in [9.17, 15) is 24.0 Å². The largest absolute Gasteiger partial charge is 0.458 e. The van der Waals surface area contributed by atoms with E-state index < -0.39 is 59.1 Å². The van der Waals surface area contributed by atoms with E-state index >= 15 is 0 Å². The second kappa shape index (κ2) is 19.0. The summed E-state index contributed by atoms with van der Waals surface area (Å²) in [6.45, 7) is 14.5. The molecule has 0 radical (unpaired) electrons. The van der Waals surface area contributed by atoms with Crippen molar-refractivity contribution in [1.82, 2.24) is 15.5 Å². The number of ether oxygens (including phenoxy) is 2. The third-order valence-electron chi connectivity index (χ3n) is 7.51. The van der Waals surface area contributed by atoms with Crippen molar-refractivity contribution in [2.45, 2.75) is 130 Å². The number of rotatable bonds is 17. The SMILES string of the molecule is CCCCCN(C(=O)C(CCC(N)=O)NC(=O)OC(C)(C)C)C(C(=O)NC(Cc1ccccc1)C(=O)OC(C)(C)C)c1ccc(CC)cc1. The molecular formula is C38H56N4O7. The summed E-state index contributed by atoms with van der Waals surface area (Å²) >= 11 is 0. The van der Waals surface area contributed by atoms with Crippen molar-refractivity contribution >= 4 is 29.8 Å². The second-order valence-electron chi connectivity index (χ2n) is 14.2. The summed E-state index contributed by atoms with van der Waals surface area (Å²) < 4.78 is 11.1. The van der Waals surface area contributed by atoms with E-state index in [1.54, 1.807) is 53.7 Å². The molecule has 0 aliphatic carbocycles. The van der Waals surface area contributed by atoms with Crippen LogP contribution in [0, 0.1) is 0 Å². The van der Waals surface area contributed by atoms with Gasteiger partial charge in [-0.3, -0.25) is 14.4 Å². The molecule has 11 nitrogen and oxygen atoms in total. The molecule has 2 aromatic carbocycles. The Hall–Kier alpha value is -4.41. The van der Waals surface area contributed by atoms with Crippen LogP contribution in [0.4, 0.5) is 4.79 Å². The number of esters is 1. The Morgan fingerprint density at radius 3 is 1.92 bits per heavy atom. The smallest absolute Gasteiger partial charge is 0.408 e. The maximum absolute atomic E-state index is 14.5. The number of nitrogens with one attached hydrogen (secondary N) is 2. The first-order valence-corrected chi connectivity index (χ1v) is 17.2. The Morgan fingerprint density at radius 1 is 0.776 bits per heavy atom. The zero-order chi connectivity index (χ0) is 36.8. The Kier molecular flexibility index (Phi) is 15.8. The first kappa shape index (κ1) is 40.8. The molecule has 3 atom stereocenters. The molecule has 3 unspecified atom stereocenters. The molecule has 4 amide bonds. The van der Waals surface area contributed by atoms with Crippen molar-refractivity contribution in [1.29, 1.82) is 0 Å². The van der Waals surface area contributed by atoms with Gasteiger partial charge in [0.25, 0.3) is 0 Å². The van der Waals surface area contributed by atoms with Crippen molar-refractivity contribution in [3.05, 3.63) is 71.3 Å². The van der Waals surface area contributed by atoms with Crippen molar-refractivity contribution < 1.29 is 33.4 Å². The van der Waals surface area contributed by atoms with Crippen LogP contribution >= 0.6 is 0 Å². The molecule has 0 aliphatic rings. The zero-order valence-corrected chi connectivity index (χ0v) is 30.5. The van der Waals surface area contributed by atoms with Gasteiger partial charge in [0.1, 0.15) is 29.3 Å². The quantitative estimate of drug-likeness (QED) is 0.146. The maximum Gasteiger partial charge on any atom is 0.408 e. The minimum Gasteiger partial charge on any atom is -0.458 e. The lowest BCUT2D eigenvalue weighted by molar-refractivity contribution is -0.159. The van der Waals surface area contributed by atoms with Crippen molar-refractivity contribution in [2.24, 2.45) is 5.73 Å². The van der Waals surface area contributed by atoms with Crippen LogP contribution in [-0.4, -0.2) is 64.5 Å². The molecule has 4 N–H and O–H groups in total. The van der Waals surface area contributed by atoms with Crippen LogP contribution in [-0.2, 0) is 41.5 Å². The van der Waals surface area contributed by atoms with E-state index in [0.29, 0.717) is 12.0 Å². The van der Waals surface area contributed by atoms with Crippen LogP contribution < -0.4 is 16.4 Å². The van der Waals surface area contributed by atoms with E-state index in [1.165, 1.54) is 4.90 Å². The molecule has 0 saturated carbocycles. The molecule has 0 fully saturated rings. The van der Waals surface area contributed by atoms with Gasteiger partial charge in [-0.1, -0.05) is 81.3 Å². The summed E-state index contributed by atoms with van der Waals surface area (Å²) in [5.74, 6) is -2.43. The first-order valence-electron chi connectivity index (χ1n) is 17.2. The number of primary amides is 1. The second-order valence-corrected chi connectivity index (χ2v) is 14.2. The van der Waals surface area contributed by atoms with Crippen LogP contribution in [0.5, 0.6) is 0 Å². The molecular weight excluding hydrogens is 624 g/mol. The molecule has 0 saturated heterocycles. The van der Waals surface area contributed by atoms with Gasteiger partial charge in [-0.2, -0.15) is 0 Å². The molecule has 49 heavy (non-hydrogen) atoms. The van der Waals surface area contributed by atoms with E-state index in [-0.39, 0.29) is 25.8 Å². The highest BCUT2D eigenvalue weighted by molar-refractivity contribution is 5.94. The minimum atomic E-state index is -1.22. The van der Waals surface area contributed by atoms with Crippen LogP contribution in [0.3, 0.4) is 0 Å². The fourth-order valence-corrected chi connectivity index (χ4v) is 5.17. The van der Waals surface area contributed by atoms with Gasteiger partial charge in [0.2, 0.25) is 17.7 Å². The minimum absolute atomic E-state index is 0.102. The summed E-state index contributed by atoms with van der Waals surface area (Å²) in [7, 11) is 0. The molecule has 0 spiro atoms. The van der Waals surface area contributed by atoms with Crippen LogP contribution in [0.1, 0.15) is 110 Å². The average Bonchev–Trinajstić information content (AvgIpc) is 3.01. The lowest BCUT2D eigenvalue weighted by Crippen LogP contribution is -2.55. The summed E-state index contributed by atoms with van der Waals surface area (Å²) in [4.78, 5) is 68.7. The van der Waals surface area contributed by atoms with Crippen LogP contribution in [0.2, 0.25) is 0 Å². The highest BCUT2D eigenvalue weighted by Gasteiger charge is 2.38. The number of aryl methyl sites for hydroxylation is 1. The number of carbonyl (C=O) groups is 5. The lowest BCUT2D eigenvalue weighted by atomic mass is 9.98. The molecule has 11 heteroatoms. The fraction of sp³-hybridized carbons (Fsp3) is 0.553. The van der Waals surface area contributed by atoms with Gasteiger partial charge < -0.3 is 30.7 Å². The Morgan fingerprint density at radius 2 is 1.39 bits per heavy atom. The lowest BCUT2D eigenvalue weighted by Gasteiger charge is -2.35. The number of hydrogen-bond acceptors (Lipinski definition) is 7. The number of nitrogens with zero attached hydrogens (tertiary/aromatic N) is 1. The number of unbranched alkanes of at least 4 members (excludes halogenated alkanes) is 2. The number of hydrogen-bond donors (Lipinski definition) is 3. The average molecular weight is 681 g/mol. The van der Waals surface area contributed by atoms with Crippen molar-refractivity contribution in [2.75, 3.05) is 6.54 Å². The van der Waals surface area contributed by atoms with Crippen molar-refractivity contribution in [3.8, 4) is 0 Å². The highest BCUT2D eigenvalue weighted by Crippen LogP contribution is 2.26.